The molecular weight excluding hydrogens is 340 g/mol. The van der Waals surface area contributed by atoms with Gasteiger partial charge in [0.2, 0.25) is 0 Å². The molecule has 0 spiro atoms. The Morgan fingerprint density at radius 1 is 1.20 bits per heavy atom. The van der Waals surface area contributed by atoms with Crippen LogP contribution in [0.1, 0.15) is 44.1 Å². The van der Waals surface area contributed by atoms with Gasteiger partial charge in [-0.05, 0) is 19.8 Å². The van der Waals surface area contributed by atoms with Crippen LogP contribution in [0.5, 0.6) is 0 Å². The van der Waals surface area contributed by atoms with Crippen molar-refractivity contribution in [3.63, 3.8) is 0 Å². The number of carbonyl (C=O) groups is 1. The quantitative estimate of drug-likeness (QED) is 0.794. The van der Waals surface area contributed by atoms with E-state index in [-0.39, 0.29) is 35.5 Å². The number of hydrogen-bond donors (Lipinski definition) is 0. The van der Waals surface area contributed by atoms with E-state index in [1.807, 2.05) is 13.8 Å². The van der Waals surface area contributed by atoms with Crippen LogP contribution < -0.4 is 0 Å². The molecule has 0 radical (unpaired) electrons. The van der Waals surface area contributed by atoms with Crippen LogP contribution in [0.25, 0.3) is 0 Å². The van der Waals surface area contributed by atoms with Crippen LogP contribution in [0.4, 0.5) is 0 Å². The molecule has 2 atom stereocenters. The third-order valence-corrected chi connectivity index (χ3v) is 6.73. The number of nitrogens with zero attached hydrogens (tertiary/aromatic N) is 4. The van der Waals surface area contributed by atoms with Crippen molar-refractivity contribution in [1.29, 1.82) is 0 Å². The summed E-state index contributed by atoms with van der Waals surface area (Å²) in [7, 11) is -3.11. The molecule has 0 N–H and O–H groups in total. The predicted octanol–water partition coefficient (Wildman–Crippen LogP) is 1.04. The molecule has 7 nitrogen and oxygen atoms in total. The fraction of sp³-hybridized carbons (Fsp3) is 0.765. The lowest BCUT2D eigenvalue weighted by molar-refractivity contribution is 0.0297. The maximum absolute atomic E-state index is 13.0. The third-order valence-electron chi connectivity index (χ3n) is 5.03. The average Bonchev–Trinajstić information content (AvgIpc) is 3.10. The Kier molecular flexibility index (Phi) is 4.94. The zero-order valence-corrected chi connectivity index (χ0v) is 16.2. The van der Waals surface area contributed by atoms with E-state index in [0.29, 0.717) is 18.0 Å². The molecule has 1 aromatic rings. The van der Waals surface area contributed by atoms with E-state index in [1.165, 1.54) is 0 Å². The molecule has 2 aliphatic heterocycles. The number of amides is 1. The summed E-state index contributed by atoms with van der Waals surface area (Å²) in [6.45, 7) is 10.4. The first-order valence-electron chi connectivity index (χ1n) is 8.97. The fourth-order valence-electron chi connectivity index (χ4n) is 3.87. The summed E-state index contributed by atoms with van der Waals surface area (Å²) >= 11 is 0. The molecule has 0 aromatic carbocycles. The van der Waals surface area contributed by atoms with Crippen LogP contribution in [-0.4, -0.2) is 77.1 Å². The molecular formula is C17H28N4O3S. The lowest BCUT2D eigenvalue weighted by Gasteiger charge is -2.44. The molecule has 0 aliphatic carbocycles. The molecule has 2 saturated heterocycles. The second kappa shape index (κ2) is 6.72. The highest BCUT2D eigenvalue weighted by atomic mass is 32.2. The van der Waals surface area contributed by atoms with E-state index < -0.39 is 9.84 Å². The lowest BCUT2D eigenvalue weighted by atomic mass is 10.0. The Morgan fingerprint density at radius 3 is 2.48 bits per heavy atom. The molecule has 8 heteroatoms. The summed E-state index contributed by atoms with van der Waals surface area (Å²) in [6, 6.07) is -0.165. The summed E-state index contributed by atoms with van der Waals surface area (Å²) in [5.41, 5.74) is 0.536. The maximum atomic E-state index is 13.0. The Labute approximate surface area is 149 Å². The number of piperazine rings is 1. The molecule has 2 unspecified atom stereocenters. The van der Waals surface area contributed by atoms with Gasteiger partial charge in [-0.25, -0.2) is 8.42 Å². The topological polar surface area (TPSA) is 75.5 Å². The third kappa shape index (κ3) is 3.74. The molecule has 0 bridgehead atoms. The van der Waals surface area contributed by atoms with Crippen molar-refractivity contribution >= 4 is 15.7 Å². The second-order valence-corrected chi connectivity index (χ2v) is 10.1. The van der Waals surface area contributed by atoms with E-state index >= 15 is 0 Å². The Balaban J connectivity index is 1.83. The summed E-state index contributed by atoms with van der Waals surface area (Å²) < 4.78 is 26.2. The Hall–Kier alpha value is -1.41. The van der Waals surface area contributed by atoms with E-state index in [4.69, 9.17) is 0 Å². The number of sulfone groups is 1. The van der Waals surface area contributed by atoms with Crippen molar-refractivity contribution in [2.24, 2.45) is 5.92 Å². The van der Waals surface area contributed by atoms with Gasteiger partial charge in [0.1, 0.15) is 0 Å². The fourth-order valence-corrected chi connectivity index (χ4v) is 5.88. The molecule has 2 fully saturated rings. The number of rotatable bonds is 4. The molecule has 2 aliphatic rings. The number of fused-ring (bicyclic) bond motifs is 1. The van der Waals surface area contributed by atoms with Gasteiger partial charge >= 0.3 is 0 Å². The van der Waals surface area contributed by atoms with Crippen molar-refractivity contribution in [3.8, 4) is 0 Å². The highest BCUT2D eigenvalue weighted by Crippen LogP contribution is 2.28. The number of aromatic nitrogens is 2. The summed E-state index contributed by atoms with van der Waals surface area (Å²) in [6.07, 6.45) is 3.34. The first-order chi connectivity index (χ1) is 11.7. The largest absolute Gasteiger partial charge is 0.332 e. The first-order valence-corrected chi connectivity index (χ1v) is 10.8. The van der Waals surface area contributed by atoms with Gasteiger partial charge in [-0.15, -0.1) is 0 Å². The van der Waals surface area contributed by atoms with Crippen LogP contribution in [-0.2, 0) is 9.84 Å². The molecule has 25 heavy (non-hydrogen) atoms. The number of hydrogen-bond acceptors (Lipinski definition) is 5. The van der Waals surface area contributed by atoms with Crippen LogP contribution in [0.3, 0.4) is 0 Å². The molecule has 3 rings (SSSR count). The van der Waals surface area contributed by atoms with E-state index in [1.54, 1.807) is 22.0 Å². The zero-order valence-electron chi connectivity index (χ0n) is 15.4. The molecule has 1 amide bonds. The first kappa shape index (κ1) is 18.4. The predicted molar refractivity (Wildman–Crippen MR) is 96.3 cm³/mol. The maximum Gasteiger partial charge on any atom is 0.257 e. The van der Waals surface area contributed by atoms with Crippen LogP contribution in [0.15, 0.2) is 12.4 Å². The van der Waals surface area contributed by atoms with Gasteiger partial charge in [-0.1, -0.05) is 13.8 Å². The van der Waals surface area contributed by atoms with Gasteiger partial charge in [0.25, 0.3) is 5.91 Å². The highest BCUT2D eigenvalue weighted by molar-refractivity contribution is 7.91. The van der Waals surface area contributed by atoms with Crippen molar-refractivity contribution in [3.05, 3.63) is 18.0 Å². The van der Waals surface area contributed by atoms with Gasteiger partial charge < -0.3 is 4.90 Å². The normalized spacial score (nSPS) is 26.4. The minimum atomic E-state index is -3.11. The van der Waals surface area contributed by atoms with Crippen LogP contribution in [0.2, 0.25) is 0 Å². The van der Waals surface area contributed by atoms with Gasteiger partial charge in [-0.2, -0.15) is 5.10 Å². The summed E-state index contributed by atoms with van der Waals surface area (Å²) in [5.74, 6) is 0.578. The van der Waals surface area contributed by atoms with Gasteiger partial charge in [0.05, 0.1) is 29.3 Å². The Morgan fingerprint density at radius 2 is 1.88 bits per heavy atom. The monoisotopic (exact) mass is 368 g/mol. The smallest absolute Gasteiger partial charge is 0.257 e. The second-order valence-electron chi connectivity index (χ2n) is 7.90. The lowest BCUT2D eigenvalue weighted by Crippen LogP contribution is -2.61. The standard InChI is InChI=1S/C17H28N4O3S/c1-12(2)8-19-5-6-20(16-11-25(23,24)10-15(16)19)17(22)14-7-18-21(9-14)13(3)4/h7,9,12-13,15-16H,5-6,8,10-11H2,1-4H3. The molecule has 140 valence electrons. The minimum absolute atomic E-state index is 0.0658. The minimum Gasteiger partial charge on any atom is -0.332 e. The Bertz CT molecular complexity index is 741. The van der Waals surface area contributed by atoms with Crippen molar-refractivity contribution in [2.75, 3.05) is 31.1 Å². The molecule has 1 aromatic heterocycles. The summed E-state index contributed by atoms with van der Waals surface area (Å²) in [4.78, 5) is 17.0. The van der Waals surface area contributed by atoms with E-state index in [9.17, 15) is 13.2 Å². The van der Waals surface area contributed by atoms with Crippen LogP contribution in [0, 0.1) is 5.92 Å². The molecule has 0 saturated carbocycles. The van der Waals surface area contributed by atoms with Gasteiger partial charge in [-0.3, -0.25) is 14.4 Å². The van der Waals surface area contributed by atoms with Gasteiger partial charge in [0.15, 0.2) is 9.84 Å². The van der Waals surface area contributed by atoms with Crippen molar-refractivity contribution < 1.29 is 13.2 Å². The van der Waals surface area contributed by atoms with Crippen LogP contribution >= 0.6 is 0 Å². The average molecular weight is 369 g/mol. The van der Waals surface area contributed by atoms with Gasteiger partial charge in [0, 0.05) is 37.9 Å². The SMILES string of the molecule is CC(C)CN1CCN(C(=O)c2cnn(C(C)C)c2)C2CS(=O)(=O)CC21. The van der Waals surface area contributed by atoms with E-state index in [2.05, 4.69) is 23.8 Å². The van der Waals surface area contributed by atoms with E-state index in [0.717, 1.165) is 13.1 Å². The number of carbonyl (C=O) groups excluding carboxylic acids is 1. The van der Waals surface area contributed by atoms with Crippen molar-refractivity contribution in [1.82, 2.24) is 19.6 Å². The summed E-state index contributed by atoms with van der Waals surface area (Å²) in [5, 5.41) is 4.24. The molecule has 3 heterocycles. The highest BCUT2D eigenvalue weighted by Gasteiger charge is 2.48. The zero-order chi connectivity index (χ0) is 18.4. The van der Waals surface area contributed by atoms with Crippen molar-refractivity contribution in [2.45, 2.75) is 45.8 Å².